The van der Waals surface area contributed by atoms with E-state index in [1.54, 1.807) is 0 Å². The molecule has 4 aromatic rings. The number of aryl methyl sites for hydroxylation is 2. The van der Waals surface area contributed by atoms with Crippen molar-refractivity contribution >= 4 is 33.5 Å². The molecule has 0 fully saturated rings. The molecule has 1 heterocycles. The number of ether oxygens (including phenoxy) is 2. The molecule has 1 aliphatic heterocycles. The fourth-order valence-electron chi connectivity index (χ4n) is 5.87. The van der Waals surface area contributed by atoms with Gasteiger partial charge in [-0.15, -0.1) is 0 Å². The lowest BCUT2D eigenvalue weighted by molar-refractivity contribution is 0.267. The zero-order valence-electron chi connectivity index (χ0n) is 23.7. The molecule has 5 heteroatoms. The summed E-state index contributed by atoms with van der Waals surface area (Å²) in [5.74, 6) is 2.39. The van der Waals surface area contributed by atoms with Gasteiger partial charge in [-0.2, -0.15) is 0 Å². The SMILES string of the molecule is CCOc1cc(C=Nc2ccc([C@@H]3Nc4ccc(C)cc4[C@@H]4C=CC[C@H]43)cc2)cc(Br)c1OCc1ccc(C)cc1. The number of rotatable bonds is 8. The summed E-state index contributed by atoms with van der Waals surface area (Å²) >= 11 is 3.69. The molecule has 0 bridgehead atoms. The summed E-state index contributed by atoms with van der Waals surface area (Å²) < 4.78 is 12.9. The second-order valence-corrected chi connectivity index (χ2v) is 11.8. The van der Waals surface area contributed by atoms with Gasteiger partial charge in [0.05, 0.1) is 22.8 Å². The van der Waals surface area contributed by atoms with Gasteiger partial charge in [0.1, 0.15) is 6.61 Å². The molecule has 4 aromatic carbocycles. The molecule has 6 rings (SSSR count). The highest BCUT2D eigenvalue weighted by atomic mass is 79.9. The fraction of sp³-hybridized carbons (Fsp3) is 0.250. The Labute approximate surface area is 251 Å². The van der Waals surface area contributed by atoms with Gasteiger partial charge < -0.3 is 14.8 Å². The highest BCUT2D eigenvalue weighted by Crippen LogP contribution is 2.50. The van der Waals surface area contributed by atoms with Crippen LogP contribution in [0, 0.1) is 19.8 Å². The van der Waals surface area contributed by atoms with Crippen LogP contribution in [0.4, 0.5) is 11.4 Å². The number of halogens is 1. The quantitative estimate of drug-likeness (QED) is 0.160. The Morgan fingerprint density at radius 1 is 0.927 bits per heavy atom. The monoisotopic (exact) mass is 606 g/mol. The normalized spacial score (nSPS) is 19.1. The van der Waals surface area contributed by atoms with Crippen LogP contribution in [-0.4, -0.2) is 12.8 Å². The lowest BCUT2D eigenvalue weighted by Crippen LogP contribution is -2.29. The first-order valence-electron chi connectivity index (χ1n) is 14.3. The Hall–Kier alpha value is -3.83. The van der Waals surface area contributed by atoms with Gasteiger partial charge in [0, 0.05) is 17.8 Å². The summed E-state index contributed by atoms with van der Waals surface area (Å²) in [5, 5.41) is 3.83. The van der Waals surface area contributed by atoms with E-state index < -0.39 is 0 Å². The number of hydrogen-bond donors (Lipinski definition) is 1. The molecule has 4 nitrogen and oxygen atoms in total. The third kappa shape index (κ3) is 5.96. The van der Waals surface area contributed by atoms with Gasteiger partial charge in [-0.05, 0) is 102 Å². The molecular formula is C36H35BrN2O2. The van der Waals surface area contributed by atoms with Crippen molar-refractivity contribution in [1.29, 1.82) is 0 Å². The van der Waals surface area contributed by atoms with Crippen LogP contribution in [0.5, 0.6) is 11.5 Å². The highest BCUT2D eigenvalue weighted by Gasteiger charge is 2.37. The second-order valence-electron chi connectivity index (χ2n) is 11.0. The van der Waals surface area contributed by atoms with E-state index in [0.29, 0.717) is 36.5 Å². The molecule has 0 spiro atoms. The average molecular weight is 608 g/mol. The number of nitrogens with one attached hydrogen (secondary N) is 1. The lowest BCUT2D eigenvalue weighted by atomic mass is 9.76. The summed E-state index contributed by atoms with van der Waals surface area (Å²) in [6.45, 7) is 7.25. The number of anilines is 1. The second kappa shape index (κ2) is 12.0. The van der Waals surface area contributed by atoms with Crippen molar-refractivity contribution < 1.29 is 9.47 Å². The van der Waals surface area contributed by atoms with Gasteiger partial charge in [0.15, 0.2) is 11.5 Å². The first-order chi connectivity index (χ1) is 20.0. The summed E-state index contributed by atoms with van der Waals surface area (Å²) in [7, 11) is 0. The zero-order chi connectivity index (χ0) is 28.3. The van der Waals surface area contributed by atoms with Crippen molar-refractivity contribution in [3.8, 4) is 11.5 Å². The smallest absolute Gasteiger partial charge is 0.175 e. The molecule has 0 amide bonds. The Bertz CT molecular complexity index is 1590. The van der Waals surface area contributed by atoms with E-state index in [1.807, 2.05) is 25.3 Å². The average Bonchev–Trinajstić information content (AvgIpc) is 3.47. The largest absolute Gasteiger partial charge is 0.490 e. The standard InChI is InChI=1S/C36H35BrN2O2/c1-4-40-34-20-26(19-32(37)36(34)41-22-25-11-8-23(2)9-12-25)21-38-28-15-13-27(14-16-28)35-30-7-5-6-29(30)31-18-24(3)10-17-33(31)39-35/h5-6,8-21,29-30,35,39H,4,7,22H2,1-3H3/t29-,30-,35+/m1/s1. The van der Waals surface area contributed by atoms with Crippen LogP contribution in [-0.2, 0) is 6.61 Å². The molecule has 0 saturated carbocycles. The minimum absolute atomic E-state index is 0.278. The molecular weight excluding hydrogens is 572 g/mol. The summed E-state index contributed by atoms with van der Waals surface area (Å²) in [4.78, 5) is 4.77. The number of nitrogens with zero attached hydrogens (tertiary/aromatic N) is 1. The first-order valence-corrected chi connectivity index (χ1v) is 15.1. The van der Waals surface area contributed by atoms with Gasteiger partial charge in [-0.3, -0.25) is 4.99 Å². The summed E-state index contributed by atoms with van der Waals surface area (Å²) in [6, 6.07) is 28.0. The fourth-order valence-corrected chi connectivity index (χ4v) is 6.44. The van der Waals surface area contributed by atoms with Crippen molar-refractivity contribution in [3.63, 3.8) is 0 Å². The molecule has 3 atom stereocenters. The Kier molecular flexibility index (Phi) is 7.97. The Balaban J connectivity index is 1.17. The molecule has 41 heavy (non-hydrogen) atoms. The van der Waals surface area contributed by atoms with Crippen molar-refractivity contribution in [1.82, 2.24) is 0 Å². The first kappa shape index (κ1) is 27.3. The van der Waals surface area contributed by atoms with Crippen LogP contribution in [0.2, 0.25) is 0 Å². The molecule has 1 N–H and O–H groups in total. The van der Waals surface area contributed by atoms with E-state index in [9.17, 15) is 0 Å². The third-order valence-corrected chi connectivity index (χ3v) is 8.56. The molecule has 1 aliphatic carbocycles. The maximum atomic E-state index is 6.17. The topological polar surface area (TPSA) is 42.8 Å². The van der Waals surface area contributed by atoms with Crippen LogP contribution in [0.1, 0.15) is 58.7 Å². The van der Waals surface area contributed by atoms with Gasteiger partial charge in [0.25, 0.3) is 0 Å². The van der Waals surface area contributed by atoms with E-state index in [0.717, 1.165) is 27.7 Å². The predicted molar refractivity (Wildman–Crippen MR) is 172 cm³/mol. The van der Waals surface area contributed by atoms with E-state index in [2.05, 4.69) is 114 Å². The van der Waals surface area contributed by atoms with Crippen molar-refractivity contribution in [3.05, 3.63) is 129 Å². The van der Waals surface area contributed by atoms with Gasteiger partial charge in [-0.25, -0.2) is 0 Å². The summed E-state index contributed by atoms with van der Waals surface area (Å²) in [6.07, 6.45) is 7.70. The minimum Gasteiger partial charge on any atom is -0.490 e. The number of aliphatic imine (C=N–C) groups is 1. The van der Waals surface area contributed by atoms with Crippen molar-refractivity contribution in [2.75, 3.05) is 11.9 Å². The van der Waals surface area contributed by atoms with E-state index in [-0.39, 0.29) is 6.04 Å². The van der Waals surface area contributed by atoms with Gasteiger partial charge >= 0.3 is 0 Å². The molecule has 0 radical (unpaired) electrons. The number of fused-ring (bicyclic) bond motifs is 3. The van der Waals surface area contributed by atoms with Crippen LogP contribution < -0.4 is 14.8 Å². The maximum absolute atomic E-state index is 6.17. The Morgan fingerprint density at radius 2 is 1.71 bits per heavy atom. The summed E-state index contributed by atoms with van der Waals surface area (Å²) in [5.41, 5.74) is 9.47. The number of allylic oxidation sites excluding steroid dienone is 2. The van der Waals surface area contributed by atoms with Crippen LogP contribution in [0.3, 0.4) is 0 Å². The predicted octanol–water partition coefficient (Wildman–Crippen LogP) is 9.62. The molecule has 0 unspecified atom stereocenters. The highest BCUT2D eigenvalue weighted by molar-refractivity contribution is 9.10. The number of hydrogen-bond acceptors (Lipinski definition) is 4. The van der Waals surface area contributed by atoms with E-state index in [1.165, 1.54) is 27.9 Å². The van der Waals surface area contributed by atoms with Gasteiger partial charge in [0.2, 0.25) is 0 Å². The van der Waals surface area contributed by atoms with Gasteiger partial charge in [-0.1, -0.05) is 71.8 Å². The van der Waals surface area contributed by atoms with E-state index in [4.69, 9.17) is 14.5 Å². The molecule has 0 aromatic heterocycles. The lowest BCUT2D eigenvalue weighted by Gasteiger charge is -2.37. The minimum atomic E-state index is 0.278. The Morgan fingerprint density at radius 3 is 2.49 bits per heavy atom. The number of benzene rings is 4. The van der Waals surface area contributed by atoms with E-state index >= 15 is 0 Å². The van der Waals surface area contributed by atoms with Crippen LogP contribution in [0.25, 0.3) is 0 Å². The molecule has 2 aliphatic rings. The third-order valence-electron chi connectivity index (χ3n) is 7.97. The zero-order valence-corrected chi connectivity index (χ0v) is 25.3. The molecule has 208 valence electrons. The van der Waals surface area contributed by atoms with Crippen LogP contribution in [0.15, 0.2) is 100 Å². The maximum Gasteiger partial charge on any atom is 0.175 e. The van der Waals surface area contributed by atoms with Crippen molar-refractivity contribution in [2.24, 2.45) is 10.9 Å². The van der Waals surface area contributed by atoms with Crippen LogP contribution >= 0.6 is 15.9 Å². The van der Waals surface area contributed by atoms with Crippen molar-refractivity contribution in [2.45, 2.75) is 45.8 Å². The molecule has 0 saturated heterocycles.